The largest absolute Gasteiger partial charge is 0.252 e. The van der Waals surface area contributed by atoms with Crippen molar-refractivity contribution in [1.29, 1.82) is 0 Å². The van der Waals surface area contributed by atoms with E-state index in [2.05, 4.69) is 12.2 Å². The molecule has 1 aromatic rings. The molecule has 2 aliphatic rings. The molecule has 92 valence electrons. The number of hydrogen-bond donors (Lipinski definition) is 0. The van der Waals surface area contributed by atoms with Crippen molar-refractivity contribution in [1.82, 2.24) is 4.31 Å². The highest BCUT2D eigenvalue weighted by Gasteiger charge is 2.39. The Morgan fingerprint density at radius 1 is 1.18 bits per heavy atom. The van der Waals surface area contributed by atoms with E-state index in [1.807, 2.05) is 5.38 Å². The van der Waals surface area contributed by atoms with Crippen molar-refractivity contribution in [3.8, 4) is 0 Å². The summed E-state index contributed by atoms with van der Waals surface area (Å²) in [5.74, 6) is 1.05. The van der Waals surface area contributed by atoms with Crippen molar-refractivity contribution in [2.45, 2.75) is 17.1 Å². The second-order valence-electron chi connectivity index (χ2n) is 4.72. The van der Waals surface area contributed by atoms with Gasteiger partial charge in [0.1, 0.15) is 4.21 Å². The van der Waals surface area contributed by atoms with Gasteiger partial charge in [-0.3, -0.25) is 0 Å². The summed E-state index contributed by atoms with van der Waals surface area (Å²) < 4.78 is 26.9. The monoisotopic (exact) mass is 269 g/mol. The molecule has 0 saturated carbocycles. The Kier molecular flexibility index (Phi) is 2.84. The zero-order chi connectivity index (χ0) is 11.9. The highest BCUT2D eigenvalue weighted by Crippen LogP contribution is 2.36. The van der Waals surface area contributed by atoms with Crippen LogP contribution in [0.5, 0.6) is 0 Å². The molecule has 3 rings (SSSR count). The van der Waals surface area contributed by atoms with Crippen LogP contribution in [0.1, 0.15) is 12.8 Å². The van der Waals surface area contributed by atoms with Gasteiger partial charge in [-0.15, -0.1) is 11.3 Å². The van der Waals surface area contributed by atoms with Gasteiger partial charge in [-0.1, -0.05) is 18.2 Å². The first-order valence-electron chi connectivity index (χ1n) is 5.86. The number of nitrogens with zero attached hydrogens (tertiary/aromatic N) is 1. The van der Waals surface area contributed by atoms with Crippen LogP contribution in [0.15, 0.2) is 33.9 Å². The molecule has 0 spiro atoms. The Labute approximate surface area is 106 Å². The third-order valence-electron chi connectivity index (χ3n) is 3.68. The third kappa shape index (κ3) is 1.96. The molecule has 2 atom stereocenters. The fourth-order valence-corrected chi connectivity index (χ4v) is 5.40. The first kappa shape index (κ1) is 11.4. The van der Waals surface area contributed by atoms with E-state index >= 15 is 0 Å². The molecule has 0 N–H and O–H groups in total. The first-order chi connectivity index (χ1) is 8.18. The zero-order valence-electron chi connectivity index (χ0n) is 9.45. The van der Waals surface area contributed by atoms with Crippen molar-refractivity contribution in [3.63, 3.8) is 0 Å². The molecule has 17 heavy (non-hydrogen) atoms. The number of fused-ring (bicyclic) bond motifs is 1. The fourth-order valence-electron chi connectivity index (χ4n) is 2.71. The maximum absolute atomic E-state index is 12.4. The maximum atomic E-state index is 12.4. The molecule has 0 amide bonds. The number of allylic oxidation sites excluding steroid dienone is 2. The predicted octanol–water partition coefficient (Wildman–Crippen LogP) is 2.33. The third-order valence-corrected chi connectivity index (χ3v) is 6.88. The van der Waals surface area contributed by atoms with Gasteiger partial charge in [-0.2, -0.15) is 4.31 Å². The molecule has 1 aliphatic carbocycles. The molecule has 3 nitrogen and oxygen atoms in total. The molecule has 2 unspecified atom stereocenters. The Bertz CT molecular complexity index is 503. The lowest BCUT2D eigenvalue weighted by Gasteiger charge is -2.18. The van der Waals surface area contributed by atoms with Gasteiger partial charge in [0.2, 0.25) is 0 Å². The number of hydrogen-bond acceptors (Lipinski definition) is 3. The van der Waals surface area contributed by atoms with Crippen molar-refractivity contribution in [2.75, 3.05) is 13.1 Å². The average molecular weight is 269 g/mol. The second kappa shape index (κ2) is 4.23. The molecular formula is C12H15NO2S2. The van der Waals surface area contributed by atoms with Crippen molar-refractivity contribution >= 4 is 21.4 Å². The summed E-state index contributed by atoms with van der Waals surface area (Å²) in [4.78, 5) is 0. The van der Waals surface area contributed by atoms with Crippen LogP contribution in [0.2, 0.25) is 0 Å². The predicted molar refractivity (Wildman–Crippen MR) is 68.4 cm³/mol. The quantitative estimate of drug-likeness (QED) is 0.773. The standard InChI is InChI=1S/C12H15NO2S2/c14-17(15,12-6-3-7-16-12)13-8-10-4-1-2-5-11(10)9-13/h1-3,6-7,10-11H,4-5,8-9H2. The summed E-state index contributed by atoms with van der Waals surface area (Å²) in [5, 5.41) is 1.82. The smallest absolute Gasteiger partial charge is 0.206 e. The van der Waals surface area contributed by atoms with E-state index in [-0.39, 0.29) is 0 Å². The topological polar surface area (TPSA) is 37.4 Å². The first-order valence-corrected chi connectivity index (χ1v) is 8.18. The molecule has 0 radical (unpaired) electrons. The normalized spacial score (nSPS) is 29.4. The lowest BCUT2D eigenvalue weighted by Crippen LogP contribution is -2.28. The fraction of sp³-hybridized carbons (Fsp3) is 0.500. The minimum absolute atomic E-state index is 0.476. The van der Waals surface area contributed by atoms with Crippen LogP contribution in [-0.4, -0.2) is 25.8 Å². The van der Waals surface area contributed by atoms with Crippen LogP contribution in [0.4, 0.5) is 0 Å². The van der Waals surface area contributed by atoms with Gasteiger partial charge in [0, 0.05) is 13.1 Å². The number of rotatable bonds is 2. The summed E-state index contributed by atoms with van der Waals surface area (Å²) in [6, 6.07) is 3.49. The Morgan fingerprint density at radius 3 is 2.35 bits per heavy atom. The van der Waals surface area contributed by atoms with Gasteiger partial charge in [-0.05, 0) is 36.1 Å². The SMILES string of the molecule is O=S(=O)(c1cccs1)N1CC2CC=CCC2C1. The van der Waals surface area contributed by atoms with Crippen LogP contribution >= 0.6 is 11.3 Å². The van der Waals surface area contributed by atoms with E-state index in [0.717, 1.165) is 12.8 Å². The van der Waals surface area contributed by atoms with Crippen molar-refractivity contribution < 1.29 is 8.42 Å². The van der Waals surface area contributed by atoms with Crippen molar-refractivity contribution in [2.24, 2.45) is 11.8 Å². The second-order valence-corrected chi connectivity index (χ2v) is 7.83. The van der Waals surface area contributed by atoms with Crippen LogP contribution in [0.25, 0.3) is 0 Å². The number of thiophene rings is 1. The lowest BCUT2D eigenvalue weighted by atomic mass is 9.86. The van der Waals surface area contributed by atoms with Gasteiger partial charge in [-0.25, -0.2) is 8.42 Å². The minimum atomic E-state index is -3.23. The van der Waals surface area contributed by atoms with E-state index in [0.29, 0.717) is 29.1 Å². The zero-order valence-corrected chi connectivity index (χ0v) is 11.1. The summed E-state index contributed by atoms with van der Waals surface area (Å²) in [6.45, 7) is 1.38. The van der Waals surface area contributed by atoms with E-state index in [9.17, 15) is 8.42 Å². The summed E-state index contributed by atoms with van der Waals surface area (Å²) >= 11 is 1.30. The summed E-state index contributed by atoms with van der Waals surface area (Å²) in [7, 11) is -3.23. The molecule has 1 aliphatic heterocycles. The molecule has 1 saturated heterocycles. The van der Waals surface area contributed by atoms with Crippen molar-refractivity contribution in [3.05, 3.63) is 29.7 Å². The minimum Gasteiger partial charge on any atom is -0.206 e. The molecular weight excluding hydrogens is 254 g/mol. The molecule has 5 heteroatoms. The van der Waals surface area contributed by atoms with Crippen LogP contribution in [0, 0.1) is 11.8 Å². The summed E-state index contributed by atoms with van der Waals surface area (Å²) in [6.07, 6.45) is 6.42. The van der Waals surface area contributed by atoms with Gasteiger partial charge in [0.25, 0.3) is 10.0 Å². The highest BCUT2D eigenvalue weighted by atomic mass is 32.2. The van der Waals surface area contributed by atoms with Crippen LogP contribution < -0.4 is 0 Å². The molecule has 2 heterocycles. The average Bonchev–Trinajstić information content (AvgIpc) is 2.98. The molecule has 1 aromatic heterocycles. The Hall–Kier alpha value is -0.650. The number of sulfonamides is 1. The molecule has 1 fully saturated rings. The summed E-state index contributed by atoms with van der Waals surface area (Å²) in [5.41, 5.74) is 0. The van der Waals surface area contributed by atoms with Crippen LogP contribution in [0.3, 0.4) is 0 Å². The van der Waals surface area contributed by atoms with Gasteiger partial charge in [0.15, 0.2) is 0 Å². The Balaban J connectivity index is 1.83. The lowest BCUT2D eigenvalue weighted by molar-refractivity contribution is 0.411. The van der Waals surface area contributed by atoms with E-state index in [1.54, 1.807) is 16.4 Å². The van der Waals surface area contributed by atoms with Gasteiger partial charge in [0.05, 0.1) is 0 Å². The van der Waals surface area contributed by atoms with E-state index in [1.165, 1.54) is 11.3 Å². The van der Waals surface area contributed by atoms with Gasteiger partial charge < -0.3 is 0 Å². The molecule has 0 aromatic carbocycles. The van der Waals surface area contributed by atoms with Crippen LogP contribution in [-0.2, 0) is 10.0 Å². The Morgan fingerprint density at radius 2 is 1.82 bits per heavy atom. The highest BCUT2D eigenvalue weighted by molar-refractivity contribution is 7.91. The van der Waals surface area contributed by atoms with E-state index < -0.39 is 10.0 Å². The van der Waals surface area contributed by atoms with E-state index in [4.69, 9.17) is 0 Å². The maximum Gasteiger partial charge on any atom is 0.252 e. The molecule has 0 bridgehead atoms. The van der Waals surface area contributed by atoms with Gasteiger partial charge >= 0.3 is 0 Å².